The first-order chi connectivity index (χ1) is 18.3. The van der Waals surface area contributed by atoms with Crippen molar-refractivity contribution in [3.63, 3.8) is 0 Å². The topological polar surface area (TPSA) is 60.0 Å². The molecular formula is C33H47N5. The Labute approximate surface area is 229 Å². The van der Waals surface area contributed by atoms with E-state index in [4.69, 9.17) is 10.7 Å². The molecule has 204 valence electrons. The SMILES string of the molecule is CCCCCCCN(Cc1ccc(Cn2c(CCCC)nc3c(N)nc4ccccc4c32)cc1)C(C)(C)C. The predicted octanol–water partition coefficient (Wildman–Crippen LogP) is 8.13. The van der Waals surface area contributed by atoms with Gasteiger partial charge in [0.05, 0.1) is 11.0 Å². The minimum atomic E-state index is 0.155. The summed E-state index contributed by atoms with van der Waals surface area (Å²) in [6.07, 6.45) is 9.78. The molecule has 0 bridgehead atoms. The molecule has 0 spiro atoms. The van der Waals surface area contributed by atoms with Crippen molar-refractivity contribution >= 4 is 27.8 Å². The van der Waals surface area contributed by atoms with Gasteiger partial charge >= 0.3 is 0 Å². The second-order valence-electron chi connectivity index (χ2n) is 11.8. The van der Waals surface area contributed by atoms with Crippen LogP contribution in [-0.4, -0.2) is 31.5 Å². The highest BCUT2D eigenvalue weighted by Crippen LogP contribution is 2.30. The van der Waals surface area contributed by atoms with Crippen LogP contribution in [0.25, 0.3) is 21.9 Å². The van der Waals surface area contributed by atoms with Crippen LogP contribution in [0.3, 0.4) is 0 Å². The van der Waals surface area contributed by atoms with Crippen molar-refractivity contribution < 1.29 is 0 Å². The molecule has 2 N–H and O–H groups in total. The van der Waals surface area contributed by atoms with Gasteiger partial charge in [-0.15, -0.1) is 0 Å². The van der Waals surface area contributed by atoms with Gasteiger partial charge in [0.2, 0.25) is 0 Å². The first-order valence-electron chi connectivity index (χ1n) is 14.7. The molecule has 5 heteroatoms. The molecule has 4 aromatic rings. The zero-order valence-corrected chi connectivity index (χ0v) is 24.3. The summed E-state index contributed by atoms with van der Waals surface area (Å²) in [6, 6.07) is 17.5. The average molecular weight is 514 g/mol. The lowest BCUT2D eigenvalue weighted by Crippen LogP contribution is -2.41. The standard InChI is InChI=1S/C33H47N5/c1-6-8-10-11-14-22-37(33(3,4)5)23-25-18-20-26(21-19-25)24-38-29(17-9-7-2)36-30-31(38)27-15-12-13-16-28(27)35-32(30)34/h12-13,15-16,18-21H,6-11,14,17,22-24H2,1-5H3,(H2,34,35). The van der Waals surface area contributed by atoms with E-state index in [2.05, 4.69) is 85.5 Å². The Balaban J connectivity index is 1.57. The number of para-hydroxylation sites is 1. The number of fused-ring (bicyclic) bond motifs is 3. The van der Waals surface area contributed by atoms with E-state index in [0.29, 0.717) is 5.82 Å². The van der Waals surface area contributed by atoms with E-state index in [0.717, 1.165) is 66.7 Å². The lowest BCUT2D eigenvalue weighted by atomic mass is 10.0. The summed E-state index contributed by atoms with van der Waals surface area (Å²) in [6.45, 7) is 14.4. The Morgan fingerprint density at radius 2 is 1.50 bits per heavy atom. The molecule has 4 rings (SSSR count). The van der Waals surface area contributed by atoms with Crippen LogP contribution in [0.5, 0.6) is 0 Å². The number of anilines is 1. The fraction of sp³-hybridized carbons (Fsp3) is 0.515. The summed E-state index contributed by atoms with van der Waals surface area (Å²) in [5, 5.41) is 1.11. The van der Waals surface area contributed by atoms with Crippen LogP contribution < -0.4 is 5.73 Å². The summed E-state index contributed by atoms with van der Waals surface area (Å²) in [5.41, 5.74) is 12.1. The molecule has 0 saturated heterocycles. The van der Waals surface area contributed by atoms with E-state index in [1.54, 1.807) is 0 Å². The van der Waals surface area contributed by atoms with Crippen LogP contribution in [-0.2, 0) is 19.5 Å². The zero-order chi connectivity index (χ0) is 27.1. The van der Waals surface area contributed by atoms with E-state index in [1.165, 1.54) is 43.2 Å². The summed E-state index contributed by atoms with van der Waals surface area (Å²) < 4.78 is 2.37. The molecule has 0 amide bonds. The number of aryl methyl sites for hydroxylation is 1. The molecule has 0 atom stereocenters. The smallest absolute Gasteiger partial charge is 0.152 e. The molecule has 2 aromatic heterocycles. The van der Waals surface area contributed by atoms with Gasteiger partial charge in [0.1, 0.15) is 11.3 Å². The van der Waals surface area contributed by atoms with Gasteiger partial charge < -0.3 is 10.3 Å². The van der Waals surface area contributed by atoms with Crippen molar-refractivity contribution in [1.29, 1.82) is 0 Å². The molecule has 0 radical (unpaired) electrons. The molecule has 2 aromatic carbocycles. The Morgan fingerprint density at radius 1 is 0.816 bits per heavy atom. The Kier molecular flexibility index (Phi) is 9.43. The molecule has 38 heavy (non-hydrogen) atoms. The number of rotatable bonds is 13. The van der Waals surface area contributed by atoms with E-state index in [1.807, 2.05) is 12.1 Å². The Morgan fingerprint density at radius 3 is 2.21 bits per heavy atom. The third-order valence-electron chi connectivity index (χ3n) is 7.66. The summed E-state index contributed by atoms with van der Waals surface area (Å²) >= 11 is 0. The number of nitrogen functional groups attached to an aromatic ring is 1. The van der Waals surface area contributed by atoms with E-state index >= 15 is 0 Å². The van der Waals surface area contributed by atoms with Gasteiger partial charge in [-0.3, -0.25) is 4.90 Å². The molecule has 0 aliphatic heterocycles. The minimum absolute atomic E-state index is 0.155. The number of nitrogens with two attached hydrogens (primary N) is 1. The van der Waals surface area contributed by atoms with Gasteiger partial charge in [-0.25, -0.2) is 9.97 Å². The molecular weight excluding hydrogens is 466 g/mol. The first kappa shape index (κ1) is 28.1. The van der Waals surface area contributed by atoms with Crippen molar-refractivity contribution in [2.75, 3.05) is 12.3 Å². The van der Waals surface area contributed by atoms with E-state index in [9.17, 15) is 0 Å². The van der Waals surface area contributed by atoms with Gasteiger partial charge in [0, 0.05) is 30.4 Å². The van der Waals surface area contributed by atoms with Crippen molar-refractivity contribution in [3.8, 4) is 0 Å². The normalized spacial score (nSPS) is 12.3. The monoisotopic (exact) mass is 513 g/mol. The second kappa shape index (κ2) is 12.8. The van der Waals surface area contributed by atoms with E-state index < -0.39 is 0 Å². The number of unbranched alkanes of at least 4 members (excludes halogenated alkanes) is 5. The van der Waals surface area contributed by atoms with Crippen LogP contribution >= 0.6 is 0 Å². The van der Waals surface area contributed by atoms with Crippen LogP contribution in [0.2, 0.25) is 0 Å². The fourth-order valence-electron chi connectivity index (χ4n) is 5.31. The fourth-order valence-corrected chi connectivity index (χ4v) is 5.31. The van der Waals surface area contributed by atoms with Crippen LogP contribution in [0.4, 0.5) is 5.82 Å². The molecule has 0 fully saturated rings. The predicted molar refractivity (Wildman–Crippen MR) is 163 cm³/mol. The Hall–Kier alpha value is -2.92. The number of nitrogens with zero attached hydrogens (tertiary/aromatic N) is 4. The highest BCUT2D eigenvalue weighted by atomic mass is 15.2. The van der Waals surface area contributed by atoms with Gasteiger partial charge in [0.25, 0.3) is 0 Å². The number of hydrogen-bond acceptors (Lipinski definition) is 4. The molecule has 0 aliphatic rings. The van der Waals surface area contributed by atoms with Crippen molar-refractivity contribution in [2.45, 2.75) is 105 Å². The van der Waals surface area contributed by atoms with Crippen molar-refractivity contribution in [1.82, 2.24) is 19.4 Å². The van der Waals surface area contributed by atoms with Crippen molar-refractivity contribution in [2.24, 2.45) is 0 Å². The number of pyridine rings is 1. The van der Waals surface area contributed by atoms with Crippen LogP contribution in [0.1, 0.15) is 96.5 Å². The summed E-state index contributed by atoms with van der Waals surface area (Å²) in [4.78, 5) is 12.3. The molecule has 0 aliphatic carbocycles. The summed E-state index contributed by atoms with van der Waals surface area (Å²) in [7, 11) is 0. The second-order valence-corrected chi connectivity index (χ2v) is 11.8. The minimum Gasteiger partial charge on any atom is -0.382 e. The first-order valence-corrected chi connectivity index (χ1v) is 14.7. The zero-order valence-electron chi connectivity index (χ0n) is 24.3. The molecule has 0 unspecified atom stereocenters. The number of hydrogen-bond donors (Lipinski definition) is 1. The van der Waals surface area contributed by atoms with Gasteiger partial charge in [-0.05, 0) is 57.4 Å². The van der Waals surface area contributed by atoms with Crippen molar-refractivity contribution in [3.05, 3.63) is 65.5 Å². The van der Waals surface area contributed by atoms with Crippen LogP contribution in [0, 0.1) is 0 Å². The number of aromatic nitrogens is 3. The van der Waals surface area contributed by atoms with Gasteiger partial charge in [0.15, 0.2) is 5.82 Å². The Bertz CT molecular complexity index is 1310. The van der Waals surface area contributed by atoms with Gasteiger partial charge in [-0.2, -0.15) is 0 Å². The third-order valence-corrected chi connectivity index (χ3v) is 7.66. The quantitative estimate of drug-likeness (QED) is 0.183. The van der Waals surface area contributed by atoms with Gasteiger partial charge in [-0.1, -0.05) is 88.4 Å². The largest absolute Gasteiger partial charge is 0.382 e. The average Bonchev–Trinajstić information content (AvgIpc) is 3.26. The lowest BCUT2D eigenvalue weighted by Gasteiger charge is -2.36. The molecule has 5 nitrogen and oxygen atoms in total. The molecule has 2 heterocycles. The number of benzene rings is 2. The highest BCUT2D eigenvalue weighted by molar-refractivity contribution is 6.06. The molecule has 0 saturated carbocycles. The maximum Gasteiger partial charge on any atom is 0.152 e. The summed E-state index contributed by atoms with van der Waals surface area (Å²) in [5.74, 6) is 1.61. The maximum atomic E-state index is 6.39. The maximum absolute atomic E-state index is 6.39. The van der Waals surface area contributed by atoms with Crippen LogP contribution in [0.15, 0.2) is 48.5 Å². The number of imidazole rings is 1. The third kappa shape index (κ3) is 6.74. The van der Waals surface area contributed by atoms with E-state index in [-0.39, 0.29) is 5.54 Å². The lowest BCUT2D eigenvalue weighted by molar-refractivity contribution is 0.124. The highest BCUT2D eigenvalue weighted by Gasteiger charge is 2.21.